The van der Waals surface area contributed by atoms with Gasteiger partial charge in [0.25, 0.3) is 5.56 Å². The Balaban J connectivity index is 1.84. The van der Waals surface area contributed by atoms with Gasteiger partial charge in [0.15, 0.2) is 0 Å². The van der Waals surface area contributed by atoms with Crippen LogP contribution in [0.25, 0.3) is 27.8 Å². The molecule has 1 N–H and O–H groups in total. The average Bonchev–Trinajstić information content (AvgIpc) is 3.28. The summed E-state index contributed by atoms with van der Waals surface area (Å²) in [6.45, 7) is 4.52. The zero-order valence-corrected chi connectivity index (χ0v) is 21.3. The molecule has 0 saturated carbocycles. The predicted octanol–water partition coefficient (Wildman–Crippen LogP) is 4.92. The molecule has 2 aromatic heterocycles. The molecule has 0 bridgehead atoms. The van der Waals surface area contributed by atoms with Crippen molar-refractivity contribution in [3.05, 3.63) is 110 Å². The standard InChI is InChI=1S/C30H28N4O3/c1-5-37-23-13-9-6-10-20(23)25-28-27-24(29(35)33(4)30(36)32(27)3)26(19-16-14-18(2)15-17-19)34(28)22-12-8-7-11-21(22)31-25/h6-17,25,31H,5H2,1-4H3/t25-/m0/s1. The fraction of sp³-hybridized carbons (Fsp3) is 0.200. The number of aromatic nitrogens is 3. The summed E-state index contributed by atoms with van der Waals surface area (Å²) in [5.41, 5.74) is 6.36. The number of aryl methyl sites for hydroxylation is 2. The van der Waals surface area contributed by atoms with Crippen molar-refractivity contribution < 1.29 is 4.74 Å². The van der Waals surface area contributed by atoms with Crippen LogP contribution < -0.4 is 21.3 Å². The van der Waals surface area contributed by atoms with Crippen LogP contribution in [0.5, 0.6) is 5.75 Å². The Morgan fingerprint density at radius 3 is 2.35 bits per heavy atom. The molecular formula is C30H28N4O3. The van der Waals surface area contributed by atoms with Crippen LogP contribution in [0.2, 0.25) is 0 Å². The van der Waals surface area contributed by atoms with Gasteiger partial charge in [-0.1, -0.05) is 60.2 Å². The van der Waals surface area contributed by atoms with Crippen LogP contribution in [-0.4, -0.2) is 20.3 Å². The molecule has 1 aliphatic heterocycles. The Morgan fingerprint density at radius 1 is 0.892 bits per heavy atom. The Bertz CT molecular complexity index is 1790. The lowest BCUT2D eigenvalue weighted by molar-refractivity contribution is 0.335. The van der Waals surface area contributed by atoms with E-state index in [4.69, 9.17) is 4.74 Å². The molecule has 3 heterocycles. The minimum absolute atomic E-state index is 0.315. The van der Waals surface area contributed by atoms with E-state index in [-0.39, 0.29) is 17.3 Å². The van der Waals surface area contributed by atoms with Crippen LogP contribution in [0, 0.1) is 6.92 Å². The molecule has 7 nitrogen and oxygen atoms in total. The molecule has 0 unspecified atom stereocenters. The second-order valence-electron chi connectivity index (χ2n) is 9.43. The Morgan fingerprint density at radius 2 is 1.59 bits per heavy atom. The van der Waals surface area contributed by atoms with Crippen molar-refractivity contribution in [1.29, 1.82) is 0 Å². The second kappa shape index (κ2) is 8.55. The first-order valence-corrected chi connectivity index (χ1v) is 12.4. The third-order valence-corrected chi connectivity index (χ3v) is 7.18. The minimum atomic E-state index is -0.364. The zero-order chi connectivity index (χ0) is 25.8. The number of para-hydroxylation sites is 3. The average molecular weight is 493 g/mol. The number of rotatable bonds is 4. The van der Waals surface area contributed by atoms with Gasteiger partial charge in [0, 0.05) is 19.7 Å². The lowest BCUT2D eigenvalue weighted by Gasteiger charge is -2.32. The first-order chi connectivity index (χ1) is 17.9. The molecule has 1 aliphatic rings. The van der Waals surface area contributed by atoms with Crippen LogP contribution in [-0.2, 0) is 14.1 Å². The molecule has 0 amide bonds. The van der Waals surface area contributed by atoms with Gasteiger partial charge in [0.05, 0.1) is 46.3 Å². The number of hydrogen-bond acceptors (Lipinski definition) is 4. The highest BCUT2D eigenvalue weighted by molar-refractivity contribution is 5.99. The molecule has 7 heteroatoms. The van der Waals surface area contributed by atoms with Gasteiger partial charge >= 0.3 is 5.69 Å². The summed E-state index contributed by atoms with van der Waals surface area (Å²) in [5.74, 6) is 0.758. The predicted molar refractivity (Wildman–Crippen MR) is 147 cm³/mol. The van der Waals surface area contributed by atoms with E-state index < -0.39 is 0 Å². The number of ether oxygens (including phenoxy) is 1. The summed E-state index contributed by atoms with van der Waals surface area (Å²) in [6, 6.07) is 23.8. The molecule has 0 spiro atoms. The van der Waals surface area contributed by atoms with E-state index in [1.807, 2.05) is 86.6 Å². The SMILES string of the molecule is CCOc1ccccc1[C@@H]1Nc2ccccc2-n2c(-c3ccc(C)cc3)c3c(=O)n(C)c(=O)n(C)c3c21. The second-order valence-corrected chi connectivity index (χ2v) is 9.43. The van der Waals surface area contributed by atoms with E-state index in [1.54, 1.807) is 11.6 Å². The summed E-state index contributed by atoms with van der Waals surface area (Å²) in [4.78, 5) is 27.0. The van der Waals surface area contributed by atoms with Crippen LogP contribution in [0.15, 0.2) is 82.4 Å². The number of fused-ring (bicyclic) bond motifs is 5. The fourth-order valence-electron chi connectivity index (χ4n) is 5.44. The minimum Gasteiger partial charge on any atom is -0.494 e. The van der Waals surface area contributed by atoms with E-state index in [0.717, 1.165) is 45.2 Å². The Labute approximate surface area is 214 Å². The maximum Gasteiger partial charge on any atom is 0.331 e. The summed E-state index contributed by atoms with van der Waals surface area (Å²) >= 11 is 0. The maximum atomic E-state index is 13.8. The topological polar surface area (TPSA) is 70.2 Å². The van der Waals surface area contributed by atoms with E-state index >= 15 is 0 Å². The van der Waals surface area contributed by atoms with Gasteiger partial charge in [-0.3, -0.25) is 13.9 Å². The van der Waals surface area contributed by atoms with Crippen molar-refractivity contribution in [1.82, 2.24) is 13.7 Å². The number of nitrogens with zero attached hydrogens (tertiary/aromatic N) is 3. The lowest BCUT2D eigenvalue weighted by Crippen LogP contribution is -2.37. The van der Waals surface area contributed by atoms with Gasteiger partial charge in [0.1, 0.15) is 5.75 Å². The molecule has 0 radical (unpaired) electrons. The van der Waals surface area contributed by atoms with Crippen LogP contribution in [0.1, 0.15) is 29.8 Å². The number of benzene rings is 3. The molecule has 186 valence electrons. The molecule has 0 saturated heterocycles. The van der Waals surface area contributed by atoms with Crippen molar-refractivity contribution in [2.45, 2.75) is 19.9 Å². The highest BCUT2D eigenvalue weighted by atomic mass is 16.5. The number of nitrogens with one attached hydrogen (secondary N) is 1. The van der Waals surface area contributed by atoms with E-state index in [0.29, 0.717) is 17.5 Å². The monoisotopic (exact) mass is 492 g/mol. The number of anilines is 1. The normalized spacial score (nSPS) is 14.2. The van der Waals surface area contributed by atoms with Gasteiger partial charge in [-0.05, 0) is 37.6 Å². The molecule has 3 aromatic carbocycles. The van der Waals surface area contributed by atoms with Gasteiger partial charge in [-0.2, -0.15) is 0 Å². The summed E-state index contributed by atoms with van der Waals surface area (Å²) in [5, 5.41) is 4.20. The third kappa shape index (κ3) is 3.34. The summed E-state index contributed by atoms with van der Waals surface area (Å²) in [7, 11) is 3.27. The molecule has 1 atom stereocenters. The first-order valence-electron chi connectivity index (χ1n) is 12.4. The lowest BCUT2D eigenvalue weighted by atomic mass is 9.98. The van der Waals surface area contributed by atoms with Crippen molar-refractivity contribution in [2.75, 3.05) is 11.9 Å². The Hall–Kier alpha value is -4.52. The fourth-order valence-corrected chi connectivity index (χ4v) is 5.44. The van der Waals surface area contributed by atoms with E-state index in [1.165, 1.54) is 11.6 Å². The molecular weight excluding hydrogens is 464 g/mol. The van der Waals surface area contributed by atoms with Crippen molar-refractivity contribution in [2.24, 2.45) is 14.1 Å². The summed E-state index contributed by atoms with van der Waals surface area (Å²) < 4.78 is 10.9. The molecule has 0 aliphatic carbocycles. The number of hydrogen-bond donors (Lipinski definition) is 1. The smallest absolute Gasteiger partial charge is 0.331 e. The van der Waals surface area contributed by atoms with Crippen molar-refractivity contribution in [3.63, 3.8) is 0 Å². The highest BCUT2D eigenvalue weighted by Gasteiger charge is 2.35. The van der Waals surface area contributed by atoms with E-state index in [2.05, 4.69) is 9.88 Å². The van der Waals surface area contributed by atoms with Crippen LogP contribution >= 0.6 is 0 Å². The third-order valence-electron chi connectivity index (χ3n) is 7.18. The molecule has 5 aromatic rings. The highest BCUT2D eigenvalue weighted by Crippen LogP contribution is 2.46. The van der Waals surface area contributed by atoms with Crippen LogP contribution in [0.3, 0.4) is 0 Å². The molecule has 0 fully saturated rings. The van der Waals surface area contributed by atoms with Gasteiger partial charge in [-0.15, -0.1) is 0 Å². The quantitative estimate of drug-likeness (QED) is 0.387. The first kappa shape index (κ1) is 22.9. The Kier molecular flexibility index (Phi) is 5.30. The zero-order valence-electron chi connectivity index (χ0n) is 21.3. The molecule has 6 rings (SSSR count). The van der Waals surface area contributed by atoms with Gasteiger partial charge in [0.2, 0.25) is 0 Å². The summed E-state index contributed by atoms with van der Waals surface area (Å²) in [6.07, 6.45) is 0. The van der Waals surface area contributed by atoms with E-state index in [9.17, 15) is 9.59 Å². The van der Waals surface area contributed by atoms with Crippen molar-refractivity contribution >= 4 is 16.6 Å². The largest absolute Gasteiger partial charge is 0.494 e. The maximum absolute atomic E-state index is 13.8. The van der Waals surface area contributed by atoms with Crippen molar-refractivity contribution in [3.8, 4) is 22.7 Å². The molecule has 37 heavy (non-hydrogen) atoms. The van der Waals surface area contributed by atoms with Crippen LogP contribution in [0.4, 0.5) is 5.69 Å². The van der Waals surface area contributed by atoms with Gasteiger partial charge in [-0.25, -0.2) is 4.79 Å². The van der Waals surface area contributed by atoms with Gasteiger partial charge < -0.3 is 14.6 Å².